The first kappa shape index (κ1) is 19.2. The third-order valence-electron chi connectivity index (χ3n) is 4.58. The van der Waals surface area contributed by atoms with Crippen LogP contribution in [0, 0.1) is 0 Å². The van der Waals surface area contributed by atoms with Gasteiger partial charge >= 0.3 is 5.69 Å². The van der Waals surface area contributed by atoms with Crippen LogP contribution in [0.4, 0.5) is 0 Å². The van der Waals surface area contributed by atoms with Crippen molar-refractivity contribution in [3.8, 4) is 28.6 Å². The normalized spacial score (nSPS) is 10.9. The molecule has 2 aromatic carbocycles. The van der Waals surface area contributed by atoms with Crippen molar-refractivity contribution in [1.82, 2.24) is 24.4 Å². The Labute approximate surface area is 171 Å². The fourth-order valence-corrected chi connectivity index (χ4v) is 3.16. The number of methoxy groups -OCH3 is 1. The topological polar surface area (TPSA) is 113 Å². The molecule has 2 aromatic heterocycles. The number of carbonyl (C=O) groups excluding carboxylic acids is 1. The monoisotopic (exact) mass is 405 g/mol. The summed E-state index contributed by atoms with van der Waals surface area (Å²) >= 11 is 0. The van der Waals surface area contributed by atoms with E-state index >= 15 is 0 Å². The zero-order valence-electron chi connectivity index (χ0n) is 16.6. The number of imidazole rings is 1. The Balaban J connectivity index is 2.09. The van der Waals surface area contributed by atoms with Gasteiger partial charge in [-0.2, -0.15) is 0 Å². The standard InChI is InChI=1S/C21H19N5O4/c1-25(2)20(28)17-16-19(24-18(22-17)12-7-6-8-13(27)11-12)26(21(29)23-16)14-9-4-5-10-15(14)30-3/h4-11,27H,1-3H3,(H,23,29). The van der Waals surface area contributed by atoms with Crippen LogP contribution in [0.5, 0.6) is 11.5 Å². The van der Waals surface area contributed by atoms with E-state index in [9.17, 15) is 14.7 Å². The van der Waals surface area contributed by atoms with Crippen molar-refractivity contribution in [3.05, 3.63) is 64.7 Å². The number of nitrogens with zero attached hydrogens (tertiary/aromatic N) is 4. The summed E-state index contributed by atoms with van der Waals surface area (Å²) in [7, 11) is 4.70. The van der Waals surface area contributed by atoms with Crippen LogP contribution in [0.1, 0.15) is 10.5 Å². The van der Waals surface area contributed by atoms with Gasteiger partial charge in [0.05, 0.1) is 12.8 Å². The summed E-state index contributed by atoms with van der Waals surface area (Å²) in [6.45, 7) is 0. The van der Waals surface area contributed by atoms with Crippen molar-refractivity contribution in [2.45, 2.75) is 0 Å². The summed E-state index contributed by atoms with van der Waals surface area (Å²) in [6, 6.07) is 13.4. The molecule has 0 aliphatic heterocycles. The molecule has 0 radical (unpaired) electrons. The van der Waals surface area contributed by atoms with Crippen molar-refractivity contribution in [1.29, 1.82) is 0 Å². The first-order chi connectivity index (χ1) is 14.4. The maximum atomic E-state index is 12.9. The minimum Gasteiger partial charge on any atom is -0.508 e. The van der Waals surface area contributed by atoms with Gasteiger partial charge in [0, 0.05) is 19.7 Å². The van der Waals surface area contributed by atoms with Gasteiger partial charge in [0.2, 0.25) is 0 Å². The minimum absolute atomic E-state index is 0.0351. The SMILES string of the molecule is COc1ccccc1-n1c(=O)[nH]c2c(C(=O)N(C)C)nc(-c3cccc(O)c3)nc21. The number of carbonyl (C=O) groups is 1. The number of aromatic amines is 1. The zero-order chi connectivity index (χ0) is 21.4. The van der Waals surface area contributed by atoms with Crippen molar-refractivity contribution in [2.24, 2.45) is 0 Å². The number of H-pyrrole nitrogens is 1. The smallest absolute Gasteiger partial charge is 0.332 e. The molecule has 9 heteroatoms. The molecule has 0 unspecified atom stereocenters. The average molecular weight is 405 g/mol. The van der Waals surface area contributed by atoms with E-state index in [2.05, 4.69) is 15.0 Å². The van der Waals surface area contributed by atoms with Crippen molar-refractivity contribution in [3.63, 3.8) is 0 Å². The molecule has 0 saturated heterocycles. The van der Waals surface area contributed by atoms with Gasteiger partial charge < -0.3 is 19.7 Å². The molecular weight excluding hydrogens is 386 g/mol. The third kappa shape index (κ3) is 3.16. The molecule has 0 atom stereocenters. The van der Waals surface area contributed by atoms with Gasteiger partial charge in [-0.05, 0) is 24.3 Å². The Bertz CT molecular complexity index is 1320. The molecule has 4 aromatic rings. The van der Waals surface area contributed by atoms with Crippen molar-refractivity contribution >= 4 is 17.1 Å². The Morgan fingerprint density at radius 1 is 1.13 bits per heavy atom. The Kier molecular flexibility index (Phi) is 4.71. The second-order valence-electron chi connectivity index (χ2n) is 6.78. The number of aromatic hydroxyl groups is 1. The lowest BCUT2D eigenvalue weighted by molar-refractivity contribution is 0.0824. The van der Waals surface area contributed by atoms with Crippen molar-refractivity contribution in [2.75, 3.05) is 21.2 Å². The Morgan fingerprint density at radius 2 is 1.90 bits per heavy atom. The molecule has 0 saturated carbocycles. The molecule has 0 spiro atoms. The summed E-state index contributed by atoms with van der Waals surface area (Å²) in [5.74, 6) is 0.315. The second kappa shape index (κ2) is 7.36. The lowest BCUT2D eigenvalue weighted by Gasteiger charge is -2.12. The molecule has 0 aliphatic rings. The number of benzene rings is 2. The summed E-state index contributed by atoms with van der Waals surface area (Å²) in [5, 5.41) is 9.85. The molecule has 9 nitrogen and oxygen atoms in total. The number of phenols is 1. The van der Waals surface area contributed by atoms with Gasteiger partial charge in [-0.15, -0.1) is 0 Å². The largest absolute Gasteiger partial charge is 0.508 e. The van der Waals surface area contributed by atoms with E-state index in [1.54, 1.807) is 50.5 Å². The number of nitrogens with one attached hydrogen (secondary N) is 1. The predicted molar refractivity (Wildman–Crippen MR) is 111 cm³/mol. The Morgan fingerprint density at radius 3 is 2.60 bits per heavy atom. The Hall–Kier alpha value is -4.14. The first-order valence-corrected chi connectivity index (χ1v) is 9.08. The molecule has 152 valence electrons. The molecule has 1 amide bonds. The predicted octanol–water partition coefficient (Wildman–Crippen LogP) is 2.19. The number of amides is 1. The molecule has 0 bridgehead atoms. The van der Waals surface area contributed by atoms with E-state index in [4.69, 9.17) is 4.74 Å². The number of aromatic nitrogens is 4. The molecule has 0 fully saturated rings. The van der Waals surface area contributed by atoms with Crippen LogP contribution in [-0.4, -0.2) is 56.6 Å². The number of phenolic OH excluding ortho intramolecular Hbond substituents is 1. The van der Waals surface area contributed by atoms with E-state index in [1.165, 1.54) is 28.7 Å². The van der Waals surface area contributed by atoms with Crippen LogP contribution < -0.4 is 10.4 Å². The van der Waals surface area contributed by atoms with Gasteiger partial charge in [0.25, 0.3) is 5.91 Å². The molecule has 2 N–H and O–H groups in total. The van der Waals surface area contributed by atoms with Crippen LogP contribution in [0.15, 0.2) is 53.3 Å². The summed E-state index contributed by atoms with van der Waals surface area (Å²) in [4.78, 5) is 38.7. The first-order valence-electron chi connectivity index (χ1n) is 9.08. The quantitative estimate of drug-likeness (QED) is 0.538. The summed E-state index contributed by atoms with van der Waals surface area (Å²) in [6.07, 6.45) is 0. The van der Waals surface area contributed by atoms with Crippen LogP contribution in [0.3, 0.4) is 0 Å². The number of fused-ring (bicyclic) bond motifs is 1. The third-order valence-corrected chi connectivity index (χ3v) is 4.58. The highest BCUT2D eigenvalue weighted by atomic mass is 16.5. The van der Waals surface area contributed by atoms with Crippen LogP contribution >= 0.6 is 0 Å². The highest BCUT2D eigenvalue weighted by molar-refractivity contribution is 6.02. The van der Waals surface area contributed by atoms with Gasteiger partial charge in [0.15, 0.2) is 17.2 Å². The van der Waals surface area contributed by atoms with E-state index < -0.39 is 11.6 Å². The average Bonchev–Trinajstić information content (AvgIpc) is 3.07. The molecular formula is C21H19N5O4. The number of para-hydroxylation sites is 2. The van der Waals surface area contributed by atoms with E-state index in [0.29, 0.717) is 17.0 Å². The zero-order valence-corrected chi connectivity index (χ0v) is 16.6. The number of ether oxygens (including phenoxy) is 1. The number of hydrogen-bond acceptors (Lipinski definition) is 6. The summed E-state index contributed by atoms with van der Waals surface area (Å²) in [5.41, 5.74) is 0.986. The van der Waals surface area contributed by atoms with E-state index in [-0.39, 0.29) is 28.4 Å². The van der Waals surface area contributed by atoms with Crippen molar-refractivity contribution < 1.29 is 14.6 Å². The minimum atomic E-state index is -0.482. The maximum absolute atomic E-state index is 12.9. The van der Waals surface area contributed by atoms with Gasteiger partial charge in [-0.1, -0.05) is 24.3 Å². The molecule has 2 heterocycles. The second-order valence-corrected chi connectivity index (χ2v) is 6.78. The van der Waals surface area contributed by atoms with Gasteiger partial charge in [-0.25, -0.2) is 19.3 Å². The molecule has 30 heavy (non-hydrogen) atoms. The number of hydrogen-bond donors (Lipinski definition) is 2. The highest BCUT2D eigenvalue weighted by Crippen LogP contribution is 2.27. The fourth-order valence-electron chi connectivity index (χ4n) is 3.16. The summed E-state index contributed by atoms with van der Waals surface area (Å²) < 4.78 is 6.74. The van der Waals surface area contributed by atoms with Crippen LogP contribution in [-0.2, 0) is 0 Å². The molecule has 4 rings (SSSR count). The van der Waals surface area contributed by atoms with E-state index in [0.717, 1.165) is 0 Å². The van der Waals surface area contributed by atoms with Gasteiger partial charge in [-0.3, -0.25) is 4.79 Å². The number of rotatable bonds is 4. The highest BCUT2D eigenvalue weighted by Gasteiger charge is 2.23. The lowest BCUT2D eigenvalue weighted by Crippen LogP contribution is -2.23. The lowest BCUT2D eigenvalue weighted by atomic mass is 10.2. The molecule has 0 aliphatic carbocycles. The van der Waals surface area contributed by atoms with Gasteiger partial charge in [0.1, 0.15) is 17.0 Å². The van der Waals surface area contributed by atoms with Crippen LogP contribution in [0.2, 0.25) is 0 Å². The fraction of sp³-hybridized carbons (Fsp3) is 0.143. The van der Waals surface area contributed by atoms with Crippen LogP contribution in [0.25, 0.3) is 28.2 Å². The maximum Gasteiger partial charge on any atom is 0.332 e. The van der Waals surface area contributed by atoms with E-state index in [1.807, 2.05) is 0 Å².